The van der Waals surface area contributed by atoms with Crippen LogP contribution in [0.5, 0.6) is 0 Å². The number of nitrogens with one attached hydrogen (secondary N) is 1. The van der Waals surface area contributed by atoms with Crippen molar-refractivity contribution < 1.29 is 9.47 Å². The fourth-order valence-corrected chi connectivity index (χ4v) is 1.60. The molecule has 1 N–H and O–H groups in total. The maximum absolute atomic E-state index is 5.27. The van der Waals surface area contributed by atoms with Crippen LogP contribution in [0.4, 0.5) is 0 Å². The molecule has 0 radical (unpaired) electrons. The molecule has 0 spiro atoms. The molecule has 0 aliphatic carbocycles. The maximum Gasteiger partial charge on any atom is 0.0713 e. The van der Waals surface area contributed by atoms with Crippen LogP contribution in [-0.2, 0) is 22.6 Å². The topological polar surface area (TPSA) is 30.5 Å². The molecular weight excluding hydrogens is 214 g/mol. The fourth-order valence-electron chi connectivity index (χ4n) is 1.60. The van der Waals surface area contributed by atoms with Crippen LogP contribution in [0.25, 0.3) is 0 Å². The third-order valence-electron chi connectivity index (χ3n) is 2.51. The monoisotopic (exact) mass is 237 g/mol. The van der Waals surface area contributed by atoms with Crippen LogP contribution < -0.4 is 5.32 Å². The van der Waals surface area contributed by atoms with Gasteiger partial charge in [0, 0.05) is 26.9 Å². The van der Waals surface area contributed by atoms with Crippen LogP contribution in [0.2, 0.25) is 0 Å². The third kappa shape index (κ3) is 6.41. The highest BCUT2D eigenvalue weighted by Gasteiger charge is 1.94. The lowest BCUT2D eigenvalue weighted by atomic mass is 10.1. The highest BCUT2D eigenvalue weighted by Crippen LogP contribution is 2.05. The van der Waals surface area contributed by atoms with Crippen molar-refractivity contribution >= 4 is 0 Å². The quantitative estimate of drug-likeness (QED) is 0.669. The van der Waals surface area contributed by atoms with Gasteiger partial charge in [0.25, 0.3) is 0 Å². The maximum atomic E-state index is 5.27. The van der Waals surface area contributed by atoms with E-state index in [0.29, 0.717) is 6.61 Å². The van der Waals surface area contributed by atoms with Crippen molar-refractivity contribution in [2.75, 3.05) is 26.9 Å². The Morgan fingerprint density at radius 1 is 1.12 bits per heavy atom. The molecule has 1 aromatic rings. The van der Waals surface area contributed by atoms with Crippen LogP contribution in [0, 0.1) is 0 Å². The van der Waals surface area contributed by atoms with Crippen molar-refractivity contribution in [3.05, 3.63) is 35.4 Å². The molecule has 0 saturated carbocycles. The minimum absolute atomic E-state index is 0.683. The predicted molar refractivity (Wildman–Crippen MR) is 70.0 cm³/mol. The van der Waals surface area contributed by atoms with Gasteiger partial charge in [-0.25, -0.2) is 0 Å². The summed E-state index contributed by atoms with van der Waals surface area (Å²) in [5.74, 6) is 0. The van der Waals surface area contributed by atoms with E-state index >= 15 is 0 Å². The Labute approximate surface area is 104 Å². The Morgan fingerprint density at radius 2 is 1.82 bits per heavy atom. The van der Waals surface area contributed by atoms with Crippen molar-refractivity contribution in [3.8, 4) is 0 Å². The van der Waals surface area contributed by atoms with E-state index in [9.17, 15) is 0 Å². The van der Waals surface area contributed by atoms with Gasteiger partial charge in [0.05, 0.1) is 6.61 Å². The second-order valence-corrected chi connectivity index (χ2v) is 3.98. The van der Waals surface area contributed by atoms with Gasteiger partial charge in [-0.15, -0.1) is 0 Å². The van der Waals surface area contributed by atoms with Crippen LogP contribution in [0.15, 0.2) is 24.3 Å². The molecular formula is C14H23NO2. The van der Waals surface area contributed by atoms with Crippen molar-refractivity contribution in [2.45, 2.75) is 26.5 Å². The Hall–Kier alpha value is -0.900. The Kier molecular flexibility index (Phi) is 7.63. The Balaban J connectivity index is 2.14. The largest absolute Gasteiger partial charge is 0.382 e. The van der Waals surface area contributed by atoms with Crippen molar-refractivity contribution in [2.24, 2.45) is 0 Å². The second-order valence-electron chi connectivity index (χ2n) is 3.98. The molecule has 3 heteroatoms. The van der Waals surface area contributed by atoms with Crippen LogP contribution in [0.1, 0.15) is 24.5 Å². The Bertz CT molecular complexity index is 285. The first kappa shape index (κ1) is 14.2. The van der Waals surface area contributed by atoms with Crippen LogP contribution >= 0.6 is 0 Å². The molecule has 96 valence electrons. The molecule has 1 rings (SSSR count). The number of hydrogen-bond acceptors (Lipinski definition) is 3. The van der Waals surface area contributed by atoms with E-state index in [1.165, 1.54) is 11.1 Å². The van der Waals surface area contributed by atoms with Crippen molar-refractivity contribution in [1.82, 2.24) is 5.32 Å². The molecule has 0 bridgehead atoms. The molecule has 0 atom stereocenters. The lowest BCUT2D eigenvalue weighted by Crippen LogP contribution is -2.16. The van der Waals surface area contributed by atoms with Gasteiger partial charge in [-0.3, -0.25) is 0 Å². The van der Waals surface area contributed by atoms with Gasteiger partial charge in [-0.05, 0) is 31.0 Å². The van der Waals surface area contributed by atoms with Gasteiger partial charge in [0.1, 0.15) is 0 Å². The minimum Gasteiger partial charge on any atom is -0.382 e. The normalized spacial score (nSPS) is 10.7. The summed E-state index contributed by atoms with van der Waals surface area (Å²) in [4.78, 5) is 0. The zero-order chi connectivity index (χ0) is 12.3. The summed E-state index contributed by atoms with van der Waals surface area (Å²) in [5, 5.41) is 3.40. The summed E-state index contributed by atoms with van der Waals surface area (Å²) in [6.45, 7) is 6.27. The molecule has 0 fully saturated rings. The number of methoxy groups -OCH3 is 1. The molecule has 0 aliphatic rings. The average Bonchev–Trinajstić information content (AvgIpc) is 2.36. The summed E-state index contributed by atoms with van der Waals surface area (Å²) < 4.78 is 10.3. The van der Waals surface area contributed by atoms with E-state index in [-0.39, 0.29) is 0 Å². The summed E-state index contributed by atoms with van der Waals surface area (Å²) >= 11 is 0. The number of rotatable bonds is 9. The summed E-state index contributed by atoms with van der Waals surface area (Å²) in [5.41, 5.74) is 2.52. The molecule has 1 aromatic carbocycles. The SMILES string of the molecule is CCOCCCNCc1ccc(COC)cc1. The molecule has 3 nitrogen and oxygen atoms in total. The van der Waals surface area contributed by atoms with Gasteiger partial charge in [-0.1, -0.05) is 24.3 Å². The smallest absolute Gasteiger partial charge is 0.0713 e. The summed E-state index contributed by atoms with van der Waals surface area (Å²) in [6.07, 6.45) is 1.07. The van der Waals surface area contributed by atoms with Crippen molar-refractivity contribution in [3.63, 3.8) is 0 Å². The fraction of sp³-hybridized carbons (Fsp3) is 0.571. The number of ether oxygens (including phenoxy) is 2. The van der Waals surface area contributed by atoms with Crippen molar-refractivity contribution in [1.29, 1.82) is 0 Å². The molecule has 0 saturated heterocycles. The molecule has 0 amide bonds. The average molecular weight is 237 g/mol. The van der Waals surface area contributed by atoms with E-state index < -0.39 is 0 Å². The van der Waals surface area contributed by atoms with E-state index in [0.717, 1.165) is 32.7 Å². The number of benzene rings is 1. The molecule has 0 aliphatic heterocycles. The molecule has 17 heavy (non-hydrogen) atoms. The zero-order valence-corrected chi connectivity index (χ0v) is 10.9. The van der Waals surface area contributed by atoms with Gasteiger partial charge < -0.3 is 14.8 Å². The standard InChI is InChI=1S/C14H23NO2/c1-3-17-10-4-9-15-11-13-5-7-14(8-6-13)12-16-2/h5-8,15H,3-4,9-12H2,1-2H3. The molecule has 0 heterocycles. The molecule has 0 unspecified atom stereocenters. The molecule has 0 aromatic heterocycles. The minimum atomic E-state index is 0.683. The van der Waals surface area contributed by atoms with Gasteiger partial charge >= 0.3 is 0 Å². The Morgan fingerprint density at radius 3 is 2.47 bits per heavy atom. The van der Waals surface area contributed by atoms with Gasteiger partial charge in [-0.2, -0.15) is 0 Å². The van der Waals surface area contributed by atoms with E-state index in [1.807, 2.05) is 6.92 Å². The van der Waals surface area contributed by atoms with E-state index in [2.05, 4.69) is 29.6 Å². The van der Waals surface area contributed by atoms with E-state index in [1.54, 1.807) is 7.11 Å². The van der Waals surface area contributed by atoms with Gasteiger partial charge in [0.2, 0.25) is 0 Å². The van der Waals surface area contributed by atoms with E-state index in [4.69, 9.17) is 9.47 Å². The zero-order valence-electron chi connectivity index (χ0n) is 10.9. The predicted octanol–water partition coefficient (Wildman–Crippen LogP) is 2.35. The highest BCUT2D eigenvalue weighted by atomic mass is 16.5. The lowest BCUT2D eigenvalue weighted by molar-refractivity contribution is 0.144. The third-order valence-corrected chi connectivity index (χ3v) is 2.51. The van der Waals surface area contributed by atoms with Gasteiger partial charge in [0.15, 0.2) is 0 Å². The first-order valence-corrected chi connectivity index (χ1v) is 6.22. The first-order valence-electron chi connectivity index (χ1n) is 6.22. The van der Waals surface area contributed by atoms with Crippen LogP contribution in [0.3, 0.4) is 0 Å². The first-order chi connectivity index (χ1) is 8.36. The summed E-state index contributed by atoms with van der Waals surface area (Å²) in [7, 11) is 1.72. The number of hydrogen-bond donors (Lipinski definition) is 1. The van der Waals surface area contributed by atoms with Crippen LogP contribution in [-0.4, -0.2) is 26.9 Å². The summed E-state index contributed by atoms with van der Waals surface area (Å²) in [6, 6.07) is 8.51. The second kappa shape index (κ2) is 9.16. The lowest BCUT2D eigenvalue weighted by Gasteiger charge is -2.06. The highest BCUT2D eigenvalue weighted by molar-refractivity contribution is 5.21.